The first kappa shape index (κ1) is 14.5. The predicted molar refractivity (Wildman–Crippen MR) is 79.3 cm³/mol. The van der Waals surface area contributed by atoms with E-state index in [2.05, 4.69) is 4.98 Å². The van der Waals surface area contributed by atoms with Crippen LogP contribution in [0.15, 0.2) is 30.5 Å². The molecule has 0 saturated carbocycles. The smallest absolute Gasteiger partial charge is 0.172 e. The van der Waals surface area contributed by atoms with Crippen molar-refractivity contribution in [2.24, 2.45) is 0 Å². The molecule has 0 aliphatic carbocycles. The Hall–Kier alpha value is -2.47. The van der Waals surface area contributed by atoms with Crippen molar-refractivity contribution in [3.8, 4) is 16.9 Å². The minimum Gasteiger partial charge on any atom is -0.493 e. The molecule has 6 heteroatoms. The fraction of sp³-hybridized carbons (Fsp3) is 0.250. The number of halogens is 1. The molecule has 1 N–H and O–H groups in total. The van der Waals surface area contributed by atoms with Gasteiger partial charge in [0.15, 0.2) is 17.4 Å². The number of methoxy groups -OCH3 is 1. The van der Waals surface area contributed by atoms with E-state index in [1.165, 1.54) is 13.2 Å². The number of Topliss-reactive ketones (excluding diaryl/α,β-unsaturated/α-hetero) is 1. The van der Waals surface area contributed by atoms with Gasteiger partial charge in [-0.25, -0.2) is 9.37 Å². The second kappa shape index (κ2) is 5.73. The Morgan fingerprint density at radius 3 is 2.82 bits per heavy atom. The van der Waals surface area contributed by atoms with E-state index < -0.39 is 5.82 Å². The van der Waals surface area contributed by atoms with Crippen molar-refractivity contribution >= 4 is 11.6 Å². The van der Waals surface area contributed by atoms with Crippen LogP contribution in [0.3, 0.4) is 0 Å². The Balaban J connectivity index is 2.00. The van der Waals surface area contributed by atoms with E-state index in [0.717, 1.165) is 0 Å². The number of anilines is 1. The zero-order chi connectivity index (χ0) is 15.7. The zero-order valence-electron chi connectivity index (χ0n) is 12.0. The second-order valence-corrected chi connectivity index (χ2v) is 5.08. The summed E-state index contributed by atoms with van der Waals surface area (Å²) in [5.74, 6) is 0.735. The van der Waals surface area contributed by atoms with Gasteiger partial charge in [0, 0.05) is 22.9 Å². The summed E-state index contributed by atoms with van der Waals surface area (Å²) in [6, 6.07) is 6.52. The van der Waals surface area contributed by atoms with Gasteiger partial charge < -0.3 is 14.7 Å². The van der Waals surface area contributed by atoms with Gasteiger partial charge in [-0.05, 0) is 6.07 Å². The van der Waals surface area contributed by atoms with E-state index in [-0.39, 0.29) is 18.0 Å². The second-order valence-electron chi connectivity index (χ2n) is 5.08. The molecule has 3 rings (SSSR count). The number of pyridine rings is 1. The molecule has 114 valence electrons. The molecule has 0 amide bonds. The molecule has 1 saturated heterocycles. The topological polar surface area (TPSA) is 62.7 Å². The number of carbonyl (C=O) groups is 1. The van der Waals surface area contributed by atoms with Crippen LogP contribution in [-0.2, 0) is 11.4 Å². The molecule has 1 aliphatic heterocycles. The summed E-state index contributed by atoms with van der Waals surface area (Å²) in [6.45, 7) is 0.270. The molecule has 22 heavy (non-hydrogen) atoms. The number of rotatable bonds is 4. The van der Waals surface area contributed by atoms with Crippen molar-refractivity contribution < 1.29 is 19.0 Å². The molecule has 2 heterocycles. The van der Waals surface area contributed by atoms with Crippen molar-refractivity contribution in [2.75, 3.05) is 25.1 Å². The number of aliphatic hydroxyl groups is 1. The summed E-state index contributed by atoms with van der Waals surface area (Å²) in [5, 5.41) is 9.15. The number of aliphatic hydroxyl groups excluding tert-OH is 1. The molecule has 5 nitrogen and oxygen atoms in total. The Morgan fingerprint density at radius 1 is 1.41 bits per heavy atom. The number of hydrogen-bond acceptors (Lipinski definition) is 5. The van der Waals surface area contributed by atoms with Gasteiger partial charge >= 0.3 is 0 Å². The maximum atomic E-state index is 14.3. The minimum absolute atomic E-state index is 0.148. The van der Waals surface area contributed by atoms with Gasteiger partial charge in [-0.15, -0.1) is 0 Å². The first-order chi connectivity index (χ1) is 10.6. The van der Waals surface area contributed by atoms with Crippen molar-refractivity contribution in [3.05, 3.63) is 41.8 Å². The van der Waals surface area contributed by atoms with Gasteiger partial charge in [-0.1, -0.05) is 18.2 Å². The lowest BCUT2D eigenvalue weighted by Crippen LogP contribution is -2.47. The number of carbonyl (C=O) groups excluding carboxylic acids is 1. The monoisotopic (exact) mass is 302 g/mol. The lowest BCUT2D eigenvalue weighted by molar-refractivity contribution is -0.119. The number of ether oxygens (including phenoxy) is 1. The van der Waals surface area contributed by atoms with Crippen LogP contribution < -0.4 is 9.64 Å². The summed E-state index contributed by atoms with van der Waals surface area (Å²) < 4.78 is 19.6. The van der Waals surface area contributed by atoms with Gasteiger partial charge in [-0.3, -0.25) is 4.79 Å². The van der Waals surface area contributed by atoms with Crippen LogP contribution in [0.5, 0.6) is 5.75 Å². The highest BCUT2D eigenvalue weighted by atomic mass is 19.1. The Bertz CT molecular complexity index is 725. The maximum absolute atomic E-state index is 14.3. The number of nitrogens with zero attached hydrogens (tertiary/aromatic N) is 2. The van der Waals surface area contributed by atoms with Gasteiger partial charge in [-0.2, -0.15) is 0 Å². The highest BCUT2D eigenvalue weighted by Gasteiger charge is 2.27. The number of hydrogen-bond donors (Lipinski definition) is 1. The van der Waals surface area contributed by atoms with Crippen molar-refractivity contribution in [3.63, 3.8) is 0 Å². The fourth-order valence-electron chi connectivity index (χ4n) is 2.43. The summed E-state index contributed by atoms with van der Waals surface area (Å²) in [5.41, 5.74) is 1.14. The summed E-state index contributed by atoms with van der Waals surface area (Å²) in [6.07, 6.45) is 1.54. The molecule has 0 radical (unpaired) electrons. The van der Waals surface area contributed by atoms with Crippen molar-refractivity contribution in [2.45, 2.75) is 6.61 Å². The van der Waals surface area contributed by atoms with Crippen LogP contribution in [0, 0.1) is 5.82 Å². The third-order valence-electron chi connectivity index (χ3n) is 3.65. The third-order valence-corrected chi connectivity index (χ3v) is 3.65. The molecule has 0 spiro atoms. The van der Waals surface area contributed by atoms with Crippen LogP contribution in [0.4, 0.5) is 10.2 Å². The first-order valence-corrected chi connectivity index (χ1v) is 6.83. The largest absolute Gasteiger partial charge is 0.493 e. The summed E-state index contributed by atoms with van der Waals surface area (Å²) in [4.78, 5) is 17.2. The van der Waals surface area contributed by atoms with Crippen LogP contribution in [0.2, 0.25) is 0 Å². The summed E-state index contributed by atoms with van der Waals surface area (Å²) in [7, 11) is 1.51. The van der Waals surface area contributed by atoms with Crippen LogP contribution in [-0.4, -0.2) is 36.1 Å². The fourth-order valence-corrected chi connectivity index (χ4v) is 2.43. The molecule has 0 atom stereocenters. The molecule has 2 aromatic rings. The number of benzene rings is 1. The van der Waals surface area contributed by atoms with Gasteiger partial charge in [0.05, 0.1) is 26.8 Å². The normalized spacial score (nSPS) is 14.0. The van der Waals surface area contributed by atoms with Gasteiger partial charge in [0.25, 0.3) is 0 Å². The van der Waals surface area contributed by atoms with Crippen LogP contribution in [0.1, 0.15) is 5.56 Å². The Morgan fingerprint density at radius 2 is 2.18 bits per heavy atom. The van der Waals surface area contributed by atoms with E-state index in [1.54, 1.807) is 29.3 Å². The van der Waals surface area contributed by atoms with E-state index in [4.69, 9.17) is 9.84 Å². The lowest BCUT2D eigenvalue weighted by atomic mass is 10.0. The van der Waals surface area contributed by atoms with E-state index >= 15 is 0 Å². The highest BCUT2D eigenvalue weighted by molar-refractivity contribution is 5.95. The van der Waals surface area contributed by atoms with Gasteiger partial charge in [0.1, 0.15) is 5.82 Å². The molecular formula is C16H15FN2O3. The van der Waals surface area contributed by atoms with Gasteiger partial charge in [0.2, 0.25) is 0 Å². The Labute approximate surface area is 127 Å². The zero-order valence-corrected chi connectivity index (χ0v) is 12.0. The summed E-state index contributed by atoms with van der Waals surface area (Å²) >= 11 is 0. The van der Waals surface area contributed by atoms with Crippen LogP contribution >= 0.6 is 0 Å². The standard InChI is InChI=1S/C16H15FN2O3/c1-22-14-5-11(6-18-16(14)19-7-12(21)8-19)13-4-2-3-10(9-20)15(13)17/h2-6,20H,7-9H2,1H3. The van der Waals surface area contributed by atoms with Crippen molar-refractivity contribution in [1.82, 2.24) is 4.98 Å². The predicted octanol–water partition coefficient (Wildman–Crippen LogP) is 1.78. The molecule has 1 aromatic heterocycles. The van der Waals surface area contributed by atoms with E-state index in [0.29, 0.717) is 35.8 Å². The SMILES string of the molecule is COc1cc(-c2cccc(CO)c2F)cnc1N1CC(=O)C1. The third kappa shape index (κ3) is 2.42. The van der Waals surface area contributed by atoms with E-state index in [1.807, 2.05) is 0 Å². The molecule has 1 aliphatic rings. The van der Waals surface area contributed by atoms with Crippen molar-refractivity contribution in [1.29, 1.82) is 0 Å². The number of aromatic nitrogens is 1. The number of ketones is 1. The molecule has 1 fully saturated rings. The Kier molecular flexibility index (Phi) is 3.77. The maximum Gasteiger partial charge on any atom is 0.172 e. The molecule has 0 bridgehead atoms. The average Bonchev–Trinajstić information content (AvgIpc) is 2.51. The molecule has 0 unspecified atom stereocenters. The molecular weight excluding hydrogens is 287 g/mol. The minimum atomic E-state index is -0.472. The lowest BCUT2D eigenvalue weighted by Gasteiger charge is -2.31. The van der Waals surface area contributed by atoms with Crippen LogP contribution in [0.25, 0.3) is 11.1 Å². The quantitative estimate of drug-likeness (QED) is 0.932. The molecule has 1 aromatic carbocycles. The highest BCUT2D eigenvalue weighted by Crippen LogP contribution is 2.33. The van der Waals surface area contributed by atoms with E-state index in [9.17, 15) is 9.18 Å². The average molecular weight is 302 g/mol. The first-order valence-electron chi connectivity index (χ1n) is 6.83.